The van der Waals surface area contributed by atoms with E-state index in [1.54, 1.807) is 11.2 Å². The molecule has 0 saturated heterocycles. The summed E-state index contributed by atoms with van der Waals surface area (Å²) >= 11 is 0. The van der Waals surface area contributed by atoms with Crippen molar-refractivity contribution in [1.82, 2.24) is 0 Å². The number of rotatable bonds is 6. The molecule has 1 aromatic heterocycles. The zero-order valence-electron chi connectivity index (χ0n) is 15.4. The molecule has 26 heavy (non-hydrogen) atoms. The minimum Gasteiger partial charge on any atom is -0.483 e. The molecule has 0 fully saturated rings. The fourth-order valence-corrected chi connectivity index (χ4v) is 2.85. The van der Waals surface area contributed by atoms with Crippen LogP contribution in [0.2, 0.25) is 0 Å². The average molecular weight is 349 g/mol. The van der Waals surface area contributed by atoms with E-state index in [1.165, 1.54) is 0 Å². The molecule has 3 rings (SSSR count). The van der Waals surface area contributed by atoms with Crippen LogP contribution in [-0.2, 0) is 11.3 Å². The van der Waals surface area contributed by atoms with E-state index in [1.807, 2.05) is 75.4 Å². The molecule has 3 aromatic rings. The smallest absolute Gasteiger partial charge is 0.265 e. The number of nitrogens with zero attached hydrogens (tertiary/aromatic N) is 1. The quantitative estimate of drug-likeness (QED) is 0.641. The van der Waals surface area contributed by atoms with Crippen molar-refractivity contribution in [3.05, 3.63) is 83.3 Å². The van der Waals surface area contributed by atoms with Crippen LogP contribution in [0, 0.1) is 20.8 Å². The predicted molar refractivity (Wildman–Crippen MR) is 102 cm³/mol. The van der Waals surface area contributed by atoms with E-state index < -0.39 is 0 Å². The van der Waals surface area contributed by atoms with Gasteiger partial charge in [0.15, 0.2) is 6.61 Å². The van der Waals surface area contributed by atoms with Crippen molar-refractivity contribution in [2.75, 3.05) is 11.5 Å². The SMILES string of the molecule is Cc1ccc(N(Cc2ccco2)C(=O)COc2c(C)cccc2C)cc1. The van der Waals surface area contributed by atoms with E-state index in [-0.39, 0.29) is 12.5 Å². The highest BCUT2D eigenvalue weighted by Crippen LogP contribution is 2.23. The lowest BCUT2D eigenvalue weighted by molar-refractivity contribution is -0.120. The number of hydrogen-bond donors (Lipinski definition) is 0. The van der Waals surface area contributed by atoms with Crippen LogP contribution in [0.1, 0.15) is 22.5 Å². The zero-order chi connectivity index (χ0) is 18.5. The highest BCUT2D eigenvalue weighted by molar-refractivity contribution is 5.94. The predicted octanol–water partition coefficient (Wildman–Crippen LogP) is 4.82. The maximum atomic E-state index is 12.9. The standard InChI is InChI=1S/C22H23NO3/c1-16-9-11-19(12-10-16)23(14-20-8-5-13-25-20)21(24)15-26-22-17(2)6-4-7-18(22)3/h4-13H,14-15H2,1-3H3. The molecule has 0 unspecified atom stereocenters. The van der Waals surface area contributed by atoms with Crippen molar-refractivity contribution >= 4 is 11.6 Å². The maximum absolute atomic E-state index is 12.9. The van der Waals surface area contributed by atoms with Crippen molar-refractivity contribution in [3.8, 4) is 5.75 Å². The molecule has 4 nitrogen and oxygen atoms in total. The van der Waals surface area contributed by atoms with Gasteiger partial charge in [-0.15, -0.1) is 0 Å². The van der Waals surface area contributed by atoms with Crippen LogP contribution in [0.5, 0.6) is 5.75 Å². The molecular formula is C22H23NO3. The molecule has 2 aromatic carbocycles. The summed E-state index contributed by atoms with van der Waals surface area (Å²) in [5.74, 6) is 1.38. The van der Waals surface area contributed by atoms with Gasteiger partial charge in [0, 0.05) is 5.69 Å². The van der Waals surface area contributed by atoms with E-state index in [4.69, 9.17) is 9.15 Å². The minimum absolute atomic E-state index is 0.0275. The van der Waals surface area contributed by atoms with E-state index in [0.29, 0.717) is 6.54 Å². The van der Waals surface area contributed by atoms with Crippen LogP contribution in [0.4, 0.5) is 5.69 Å². The van der Waals surface area contributed by atoms with E-state index in [0.717, 1.165) is 33.9 Å². The minimum atomic E-state index is -0.118. The molecular weight excluding hydrogens is 326 g/mol. The fourth-order valence-electron chi connectivity index (χ4n) is 2.85. The third-order valence-corrected chi connectivity index (χ3v) is 4.29. The topological polar surface area (TPSA) is 42.7 Å². The fraction of sp³-hybridized carbons (Fsp3) is 0.227. The summed E-state index contributed by atoms with van der Waals surface area (Å²) in [6.45, 7) is 6.32. The van der Waals surface area contributed by atoms with Crippen LogP contribution < -0.4 is 9.64 Å². The molecule has 0 bridgehead atoms. The Balaban J connectivity index is 1.79. The average Bonchev–Trinajstić information content (AvgIpc) is 3.13. The molecule has 0 aliphatic rings. The van der Waals surface area contributed by atoms with Gasteiger partial charge in [-0.25, -0.2) is 0 Å². The summed E-state index contributed by atoms with van der Waals surface area (Å²) in [5, 5.41) is 0. The molecule has 0 radical (unpaired) electrons. The number of carbonyl (C=O) groups excluding carboxylic acids is 1. The number of para-hydroxylation sites is 1. The van der Waals surface area contributed by atoms with Crippen molar-refractivity contribution in [1.29, 1.82) is 0 Å². The third-order valence-electron chi connectivity index (χ3n) is 4.29. The van der Waals surface area contributed by atoms with Gasteiger partial charge < -0.3 is 14.1 Å². The number of furan rings is 1. The molecule has 4 heteroatoms. The van der Waals surface area contributed by atoms with Crippen LogP contribution >= 0.6 is 0 Å². The lowest BCUT2D eigenvalue weighted by Gasteiger charge is -2.23. The summed E-state index contributed by atoms with van der Waals surface area (Å²) in [5.41, 5.74) is 4.00. The van der Waals surface area contributed by atoms with Gasteiger partial charge >= 0.3 is 0 Å². The second-order valence-corrected chi connectivity index (χ2v) is 6.40. The molecule has 0 atom stereocenters. The second-order valence-electron chi connectivity index (χ2n) is 6.40. The maximum Gasteiger partial charge on any atom is 0.265 e. The molecule has 1 amide bonds. The summed E-state index contributed by atoms with van der Waals surface area (Å²) in [4.78, 5) is 14.6. The number of aryl methyl sites for hydroxylation is 3. The first kappa shape index (κ1) is 17.8. The number of amides is 1. The third kappa shape index (κ3) is 4.14. The normalized spacial score (nSPS) is 10.6. The van der Waals surface area contributed by atoms with Crippen LogP contribution in [0.15, 0.2) is 65.3 Å². The Hall–Kier alpha value is -3.01. The molecule has 0 spiro atoms. The monoisotopic (exact) mass is 349 g/mol. The van der Waals surface area contributed by atoms with Gasteiger partial charge in [-0.2, -0.15) is 0 Å². The van der Waals surface area contributed by atoms with Gasteiger partial charge in [0.05, 0.1) is 12.8 Å². The number of hydrogen-bond acceptors (Lipinski definition) is 3. The number of anilines is 1. The van der Waals surface area contributed by atoms with E-state index in [2.05, 4.69) is 0 Å². The lowest BCUT2D eigenvalue weighted by Crippen LogP contribution is -2.34. The molecule has 134 valence electrons. The van der Waals surface area contributed by atoms with Gasteiger partial charge in [-0.1, -0.05) is 35.9 Å². The van der Waals surface area contributed by atoms with E-state index in [9.17, 15) is 4.79 Å². The van der Waals surface area contributed by atoms with Crippen molar-refractivity contribution in [3.63, 3.8) is 0 Å². The largest absolute Gasteiger partial charge is 0.483 e. The Labute approximate surface area is 154 Å². The Morgan fingerprint density at radius 3 is 2.27 bits per heavy atom. The number of ether oxygens (including phenoxy) is 1. The molecule has 0 N–H and O–H groups in total. The van der Waals surface area contributed by atoms with Gasteiger partial charge in [0.1, 0.15) is 11.5 Å². The van der Waals surface area contributed by atoms with Crippen molar-refractivity contribution in [2.45, 2.75) is 27.3 Å². The Morgan fingerprint density at radius 1 is 0.962 bits per heavy atom. The number of benzene rings is 2. The van der Waals surface area contributed by atoms with Crippen molar-refractivity contribution < 1.29 is 13.9 Å². The first-order chi connectivity index (χ1) is 12.5. The van der Waals surface area contributed by atoms with Gasteiger partial charge in [-0.3, -0.25) is 4.79 Å². The van der Waals surface area contributed by atoms with Crippen LogP contribution in [0.3, 0.4) is 0 Å². The molecule has 1 heterocycles. The highest BCUT2D eigenvalue weighted by Gasteiger charge is 2.19. The van der Waals surface area contributed by atoms with Crippen LogP contribution in [-0.4, -0.2) is 12.5 Å². The lowest BCUT2D eigenvalue weighted by atomic mass is 10.1. The second kappa shape index (κ2) is 7.91. The first-order valence-electron chi connectivity index (χ1n) is 8.63. The summed E-state index contributed by atoms with van der Waals surface area (Å²) in [6.07, 6.45) is 1.61. The number of carbonyl (C=O) groups is 1. The van der Waals surface area contributed by atoms with Crippen LogP contribution in [0.25, 0.3) is 0 Å². The van der Waals surface area contributed by atoms with Crippen molar-refractivity contribution in [2.24, 2.45) is 0 Å². The Bertz CT molecular complexity index is 847. The summed E-state index contributed by atoms with van der Waals surface area (Å²) in [6, 6.07) is 17.5. The Morgan fingerprint density at radius 2 is 1.65 bits per heavy atom. The Kier molecular flexibility index (Phi) is 5.42. The molecule has 0 aliphatic carbocycles. The highest BCUT2D eigenvalue weighted by atomic mass is 16.5. The molecule has 0 aliphatic heterocycles. The van der Waals surface area contributed by atoms with Gasteiger partial charge in [0.25, 0.3) is 5.91 Å². The van der Waals surface area contributed by atoms with Gasteiger partial charge in [0.2, 0.25) is 0 Å². The first-order valence-corrected chi connectivity index (χ1v) is 8.63. The molecule has 0 saturated carbocycles. The van der Waals surface area contributed by atoms with E-state index >= 15 is 0 Å². The van der Waals surface area contributed by atoms with Gasteiger partial charge in [-0.05, 0) is 56.2 Å². The summed E-state index contributed by atoms with van der Waals surface area (Å²) < 4.78 is 11.3. The zero-order valence-corrected chi connectivity index (χ0v) is 15.4. The summed E-state index contributed by atoms with van der Waals surface area (Å²) in [7, 11) is 0.